The number of hydrogen-bond donors (Lipinski definition) is 0. The lowest BCUT2D eigenvalue weighted by Crippen LogP contribution is -2.16. The van der Waals surface area contributed by atoms with Gasteiger partial charge in [-0.3, -0.25) is 0 Å². The Morgan fingerprint density at radius 3 is 1.50 bits per heavy atom. The second kappa shape index (κ2) is 5.30. The van der Waals surface area contributed by atoms with Gasteiger partial charge < -0.3 is 0 Å². The molecule has 0 aliphatic heterocycles. The summed E-state index contributed by atoms with van der Waals surface area (Å²) in [7, 11) is 0. The molecular weight excluding hydrogens is 282 g/mol. The standard InChI is InChI=1S/C14H16F6/c1-4-12(2,3)8-9-5-10(13(15,16)17)7-11(6-9)14(18,19)20/h5-7H,4,8H2,1-3H3. The summed E-state index contributed by atoms with van der Waals surface area (Å²) in [6.07, 6.45) is -8.75. The van der Waals surface area contributed by atoms with Crippen molar-refractivity contribution in [2.45, 2.75) is 46.0 Å². The lowest BCUT2D eigenvalue weighted by molar-refractivity contribution is -0.143. The molecule has 1 rings (SSSR count). The van der Waals surface area contributed by atoms with E-state index in [0.29, 0.717) is 6.42 Å². The number of benzene rings is 1. The third-order valence-corrected chi connectivity index (χ3v) is 3.29. The van der Waals surface area contributed by atoms with E-state index in [0.717, 1.165) is 12.1 Å². The van der Waals surface area contributed by atoms with Crippen molar-refractivity contribution >= 4 is 0 Å². The molecule has 114 valence electrons. The molecule has 0 saturated heterocycles. The van der Waals surface area contributed by atoms with Crippen LogP contribution in [0, 0.1) is 5.41 Å². The van der Waals surface area contributed by atoms with Gasteiger partial charge in [-0.15, -0.1) is 0 Å². The predicted octanol–water partition coefficient (Wildman–Crippen LogP) is 5.70. The largest absolute Gasteiger partial charge is 0.416 e. The van der Waals surface area contributed by atoms with Crippen molar-refractivity contribution in [2.75, 3.05) is 0 Å². The minimum Gasteiger partial charge on any atom is -0.166 e. The predicted molar refractivity (Wildman–Crippen MR) is 64.2 cm³/mol. The molecule has 0 nitrogen and oxygen atoms in total. The summed E-state index contributed by atoms with van der Waals surface area (Å²) in [5, 5.41) is 0. The van der Waals surface area contributed by atoms with E-state index in [-0.39, 0.29) is 23.5 Å². The van der Waals surface area contributed by atoms with E-state index in [1.165, 1.54) is 0 Å². The zero-order valence-electron chi connectivity index (χ0n) is 11.4. The highest BCUT2D eigenvalue weighted by Gasteiger charge is 2.37. The Morgan fingerprint density at radius 2 is 1.20 bits per heavy atom. The monoisotopic (exact) mass is 298 g/mol. The minimum atomic E-state index is -4.79. The van der Waals surface area contributed by atoms with E-state index in [9.17, 15) is 26.3 Å². The quantitative estimate of drug-likeness (QED) is 0.628. The van der Waals surface area contributed by atoms with Gasteiger partial charge in [-0.05, 0) is 35.6 Å². The van der Waals surface area contributed by atoms with Gasteiger partial charge in [-0.25, -0.2) is 0 Å². The maximum atomic E-state index is 12.7. The molecule has 0 atom stereocenters. The average Bonchev–Trinajstić information content (AvgIpc) is 2.25. The maximum Gasteiger partial charge on any atom is 0.416 e. The van der Waals surface area contributed by atoms with Crippen molar-refractivity contribution in [1.29, 1.82) is 0 Å². The number of hydrogen-bond acceptors (Lipinski definition) is 0. The second-order valence-corrected chi connectivity index (χ2v) is 5.61. The molecule has 0 radical (unpaired) electrons. The first kappa shape index (κ1) is 16.9. The molecule has 0 aromatic heterocycles. The highest BCUT2D eigenvalue weighted by atomic mass is 19.4. The van der Waals surface area contributed by atoms with E-state index in [4.69, 9.17) is 0 Å². The van der Waals surface area contributed by atoms with Crippen LogP contribution in [0.2, 0.25) is 0 Å². The molecule has 0 fully saturated rings. The van der Waals surface area contributed by atoms with E-state index in [1.54, 1.807) is 13.8 Å². The van der Waals surface area contributed by atoms with Gasteiger partial charge in [0.15, 0.2) is 0 Å². The SMILES string of the molecule is CCC(C)(C)Cc1cc(C(F)(F)F)cc(C(F)(F)F)c1. The van der Waals surface area contributed by atoms with Crippen LogP contribution in [0.4, 0.5) is 26.3 Å². The molecule has 0 aliphatic rings. The highest BCUT2D eigenvalue weighted by Crippen LogP contribution is 2.37. The smallest absolute Gasteiger partial charge is 0.166 e. The third kappa shape index (κ3) is 4.42. The summed E-state index contributed by atoms with van der Waals surface area (Å²) in [5.41, 5.74) is -2.81. The van der Waals surface area contributed by atoms with Gasteiger partial charge in [0.2, 0.25) is 0 Å². The van der Waals surface area contributed by atoms with E-state index >= 15 is 0 Å². The van der Waals surface area contributed by atoms with Crippen molar-refractivity contribution in [3.05, 3.63) is 34.9 Å². The van der Waals surface area contributed by atoms with Gasteiger partial charge in [0.25, 0.3) is 0 Å². The summed E-state index contributed by atoms with van der Waals surface area (Å²) < 4.78 is 76.1. The Bertz CT molecular complexity index is 435. The van der Waals surface area contributed by atoms with Crippen LogP contribution in [0.25, 0.3) is 0 Å². The first-order valence-electron chi connectivity index (χ1n) is 6.13. The molecule has 0 aliphatic carbocycles. The summed E-state index contributed by atoms with van der Waals surface area (Å²) in [5.74, 6) is 0. The molecule has 1 aromatic rings. The number of rotatable bonds is 3. The molecule has 0 amide bonds. The zero-order chi connectivity index (χ0) is 15.8. The third-order valence-electron chi connectivity index (χ3n) is 3.29. The molecule has 0 saturated carbocycles. The Balaban J connectivity index is 3.32. The zero-order valence-corrected chi connectivity index (χ0v) is 11.4. The average molecular weight is 298 g/mol. The first-order valence-corrected chi connectivity index (χ1v) is 6.13. The molecule has 0 N–H and O–H groups in total. The van der Waals surface area contributed by atoms with Gasteiger partial charge in [-0.2, -0.15) is 26.3 Å². The summed E-state index contributed by atoms with van der Waals surface area (Å²) in [6, 6.07) is 1.75. The molecule has 0 heterocycles. The topological polar surface area (TPSA) is 0 Å². The lowest BCUT2D eigenvalue weighted by atomic mass is 9.82. The molecule has 0 bridgehead atoms. The minimum absolute atomic E-state index is 0.0546. The number of halogens is 6. The van der Waals surface area contributed by atoms with Crippen LogP contribution in [0.3, 0.4) is 0 Å². The summed E-state index contributed by atoms with van der Waals surface area (Å²) in [6.45, 7) is 5.46. The Labute approximate surface area is 113 Å². The van der Waals surface area contributed by atoms with Crippen LogP contribution in [0.5, 0.6) is 0 Å². The Morgan fingerprint density at radius 1 is 0.800 bits per heavy atom. The van der Waals surface area contributed by atoms with Crippen LogP contribution in [0.1, 0.15) is 43.9 Å². The van der Waals surface area contributed by atoms with Crippen LogP contribution in [-0.4, -0.2) is 0 Å². The van der Waals surface area contributed by atoms with Crippen molar-refractivity contribution < 1.29 is 26.3 Å². The normalized spacial score (nSPS) is 13.7. The Kier molecular flexibility index (Phi) is 4.46. The van der Waals surface area contributed by atoms with Gasteiger partial charge in [0, 0.05) is 0 Å². The fourth-order valence-electron chi connectivity index (χ4n) is 1.80. The van der Waals surface area contributed by atoms with Gasteiger partial charge >= 0.3 is 12.4 Å². The van der Waals surface area contributed by atoms with Crippen molar-refractivity contribution in [2.24, 2.45) is 5.41 Å². The van der Waals surface area contributed by atoms with Gasteiger partial charge in [0.1, 0.15) is 0 Å². The highest BCUT2D eigenvalue weighted by molar-refractivity contribution is 5.34. The van der Waals surface area contributed by atoms with Crippen LogP contribution >= 0.6 is 0 Å². The van der Waals surface area contributed by atoms with Crippen LogP contribution < -0.4 is 0 Å². The number of alkyl halides is 6. The maximum absolute atomic E-state index is 12.7. The van der Waals surface area contributed by atoms with Crippen LogP contribution in [-0.2, 0) is 18.8 Å². The molecule has 6 heteroatoms. The molecule has 0 spiro atoms. The molecular formula is C14H16F6. The molecule has 20 heavy (non-hydrogen) atoms. The fourth-order valence-corrected chi connectivity index (χ4v) is 1.80. The van der Waals surface area contributed by atoms with Crippen LogP contribution in [0.15, 0.2) is 18.2 Å². The van der Waals surface area contributed by atoms with Crippen molar-refractivity contribution in [1.82, 2.24) is 0 Å². The lowest BCUT2D eigenvalue weighted by Gasteiger charge is -2.24. The van der Waals surface area contributed by atoms with Gasteiger partial charge in [-0.1, -0.05) is 27.2 Å². The van der Waals surface area contributed by atoms with E-state index in [2.05, 4.69) is 0 Å². The second-order valence-electron chi connectivity index (χ2n) is 5.61. The fraction of sp³-hybridized carbons (Fsp3) is 0.571. The molecule has 1 aromatic carbocycles. The van der Waals surface area contributed by atoms with Crippen molar-refractivity contribution in [3.8, 4) is 0 Å². The van der Waals surface area contributed by atoms with E-state index < -0.39 is 23.5 Å². The van der Waals surface area contributed by atoms with Gasteiger partial charge in [0.05, 0.1) is 11.1 Å². The summed E-state index contributed by atoms with van der Waals surface area (Å²) in [4.78, 5) is 0. The van der Waals surface area contributed by atoms with Crippen molar-refractivity contribution in [3.63, 3.8) is 0 Å². The molecule has 0 unspecified atom stereocenters. The van der Waals surface area contributed by atoms with E-state index in [1.807, 2.05) is 6.92 Å². The summed E-state index contributed by atoms with van der Waals surface area (Å²) >= 11 is 0. The Hall–Kier alpha value is -1.20. The first-order chi connectivity index (χ1) is 8.85.